The van der Waals surface area contributed by atoms with Gasteiger partial charge in [0.05, 0.1) is 42.4 Å². The normalized spacial score (nSPS) is 11.2. The van der Waals surface area contributed by atoms with Gasteiger partial charge in [-0.3, -0.25) is 9.78 Å². The van der Waals surface area contributed by atoms with Crippen LogP contribution in [-0.2, 0) is 13.0 Å². The van der Waals surface area contributed by atoms with Crippen molar-refractivity contribution in [3.63, 3.8) is 0 Å². The van der Waals surface area contributed by atoms with Crippen molar-refractivity contribution in [2.45, 2.75) is 13.0 Å². The number of hydrogen-bond acceptors (Lipinski definition) is 5. The van der Waals surface area contributed by atoms with E-state index in [2.05, 4.69) is 25.6 Å². The van der Waals surface area contributed by atoms with Crippen molar-refractivity contribution in [2.24, 2.45) is 0 Å². The van der Waals surface area contributed by atoms with Crippen molar-refractivity contribution in [3.05, 3.63) is 66.0 Å². The second-order valence-electron chi connectivity index (χ2n) is 5.89. The van der Waals surface area contributed by atoms with Crippen molar-refractivity contribution in [3.8, 4) is 0 Å². The highest BCUT2D eigenvalue weighted by molar-refractivity contribution is 5.83. The quantitative estimate of drug-likeness (QED) is 0.496. The number of aromatic nitrogens is 5. The first-order chi connectivity index (χ1) is 12.7. The van der Waals surface area contributed by atoms with E-state index in [4.69, 9.17) is 5.11 Å². The Hall–Kier alpha value is -3.26. The molecule has 0 amide bonds. The van der Waals surface area contributed by atoms with Gasteiger partial charge in [0.2, 0.25) is 0 Å². The second kappa shape index (κ2) is 6.93. The molecule has 132 valence electrons. The molecule has 0 spiro atoms. The maximum absolute atomic E-state index is 14.0. The van der Waals surface area contributed by atoms with Crippen LogP contribution in [0.1, 0.15) is 11.3 Å². The third-order valence-electron chi connectivity index (χ3n) is 4.07. The van der Waals surface area contributed by atoms with Gasteiger partial charge in [0, 0.05) is 24.1 Å². The van der Waals surface area contributed by atoms with Crippen LogP contribution < -0.4 is 5.32 Å². The number of aliphatic hydroxyl groups excluding tert-OH is 1. The van der Waals surface area contributed by atoms with Gasteiger partial charge in [-0.1, -0.05) is 18.2 Å². The second-order valence-corrected chi connectivity index (χ2v) is 5.89. The molecule has 8 heteroatoms. The van der Waals surface area contributed by atoms with Crippen molar-refractivity contribution >= 4 is 22.4 Å². The summed E-state index contributed by atoms with van der Waals surface area (Å²) in [5, 5.41) is 24.2. The van der Waals surface area contributed by atoms with E-state index in [0.717, 1.165) is 22.3 Å². The van der Waals surface area contributed by atoms with E-state index in [9.17, 15) is 4.39 Å². The van der Waals surface area contributed by atoms with E-state index in [0.29, 0.717) is 24.3 Å². The molecule has 0 saturated heterocycles. The topological polar surface area (TPSA) is 91.7 Å². The Balaban J connectivity index is 1.66. The molecule has 3 aromatic heterocycles. The van der Waals surface area contributed by atoms with Gasteiger partial charge in [-0.15, -0.1) is 0 Å². The lowest BCUT2D eigenvalue weighted by atomic mass is 10.1. The number of nitrogens with one attached hydrogen (secondary N) is 2. The fraction of sp³-hybridized carbons (Fsp3) is 0.167. The number of rotatable bonds is 6. The van der Waals surface area contributed by atoms with E-state index in [1.54, 1.807) is 35.4 Å². The van der Waals surface area contributed by atoms with Gasteiger partial charge in [0.15, 0.2) is 0 Å². The Morgan fingerprint density at radius 3 is 2.96 bits per heavy atom. The molecule has 0 aliphatic carbocycles. The summed E-state index contributed by atoms with van der Waals surface area (Å²) in [4.78, 5) is 4.64. The summed E-state index contributed by atoms with van der Waals surface area (Å²) < 4.78 is 15.7. The number of halogens is 1. The van der Waals surface area contributed by atoms with Gasteiger partial charge in [-0.05, 0) is 11.6 Å². The van der Waals surface area contributed by atoms with E-state index in [1.165, 1.54) is 6.07 Å². The molecule has 4 rings (SSSR count). The van der Waals surface area contributed by atoms with Gasteiger partial charge in [-0.25, -0.2) is 9.37 Å². The Kier molecular flexibility index (Phi) is 4.32. The molecule has 3 N–H and O–H groups in total. The van der Waals surface area contributed by atoms with E-state index in [-0.39, 0.29) is 12.4 Å². The highest BCUT2D eigenvalue weighted by Gasteiger charge is 2.11. The van der Waals surface area contributed by atoms with Gasteiger partial charge < -0.3 is 10.4 Å². The molecule has 0 aliphatic heterocycles. The SMILES string of the molecule is OCCn1cc(Nc2cc3[nH]ncc3c(Cc3ccccc3F)n2)cn1. The van der Waals surface area contributed by atoms with Gasteiger partial charge in [0.1, 0.15) is 11.6 Å². The molecule has 0 aliphatic rings. The molecular weight excluding hydrogens is 335 g/mol. The first kappa shape index (κ1) is 16.2. The maximum atomic E-state index is 14.0. The predicted molar refractivity (Wildman–Crippen MR) is 95.7 cm³/mol. The fourth-order valence-electron chi connectivity index (χ4n) is 2.83. The summed E-state index contributed by atoms with van der Waals surface area (Å²) in [5.74, 6) is 0.353. The monoisotopic (exact) mass is 352 g/mol. The van der Waals surface area contributed by atoms with E-state index < -0.39 is 0 Å². The molecule has 0 saturated carbocycles. The van der Waals surface area contributed by atoms with Crippen molar-refractivity contribution < 1.29 is 9.50 Å². The average molecular weight is 352 g/mol. The van der Waals surface area contributed by atoms with Crippen LogP contribution in [0.3, 0.4) is 0 Å². The van der Waals surface area contributed by atoms with E-state index >= 15 is 0 Å². The van der Waals surface area contributed by atoms with Crippen LogP contribution >= 0.6 is 0 Å². The van der Waals surface area contributed by atoms with Gasteiger partial charge in [-0.2, -0.15) is 10.2 Å². The largest absolute Gasteiger partial charge is 0.394 e. The Labute approximate surface area is 148 Å². The molecule has 3 heterocycles. The van der Waals surface area contributed by atoms with Gasteiger partial charge >= 0.3 is 0 Å². The van der Waals surface area contributed by atoms with Crippen LogP contribution in [0.2, 0.25) is 0 Å². The average Bonchev–Trinajstić information content (AvgIpc) is 3.27. The highest BCUT2D eigenvalue weighted by atomic mass is 19.1. The van der Waals surface area contributed by atoms with Crippen LogP contribution in [-0.4, -0.2) is 36.7 Å². The molecular formula is C18H17FN6O. The minimum absolute atomic E-state index is 0.0201. The zero-order chi connectivity index (χ0) is 17.9. The maximum Gasteiger partial charge on any atom is 0.132 e. The number of hydrogen-bond donors (Lipinski definition) is 3. The zero-order valence-electron chi connectivity index (χ0n) is 13.9. The molecule has 0 radical (unpaired) electrons. The summed E-state index contributed by atoms with van der Waals surface area (Å²) in [6, 6.07) is 8.52. The van der Waals surface area contributed by atoms with Crippen molar-refractivity contribution in [2.75, 3.05) is 11.9 Å². The third kappa shape index (κ3) is 3.27. The van der Waals surface area contributed by atoms with Crippen molar-refractivity contribution in [1.29, 1.82) is 0 Å². The first-order valence-electron chi connectivity index (χ1n) is 8.19. The lowest BCUT2D eigenvalue weighted by Crippen LogP contribution is -2.02. The lowest BCUT2D eigenvalue weighted by molar-refractivity contribution is 0.269. The third-order valence-corrected chi connectivity index (χ3v) is 4.07. The summed E-state index contributed by atoms with van der Waals surface area (Å²) in [7, 11) is 0. The molecule has 0 bridgehead atoms. The summed E-state index contributed by atoms with van der Waals surface area (Å²) >= 11 is 0. The molecule has 0 atom stereocenters. The molecule has 0 unspecified atom stereocenters. The fourth-order valence-corrected chi connectivity index (χ4v) is 2.83. The lowest BCUT2D eigenvalue weighted by Gasteiger charge is -2.08. The summed E-state index contributed by atoms with van der Waals surface area (Å²) in [6.07, 6.45) is 5.50. The number of benzene rings is 1. The smallest absolute Gasteiger partial charge is 0.132 e. The number of pyridine rings is 1. The minimum atomic E-state index is -0.255. The van der Waals surface area contributed by atoms with Crippen LogP contribution in [0.15, 0.2) is 48.9 Å². The summed E-state index contributed by atoms with van der Waals surface area (Å²) in [6.45, 7) is 0.444. The number of aromatic amines is 1. The molecule has 0 fully saturated rings. The number of fused-ring (bicyclic) bond motifs is 1. The van der Waals surface area contributed by atoms with Gasteiger partial charge in [0.25, 0.3) is 0 Å². The summed E-state index contributed by atoms with van der Waals surface area (Å²) in [5.41, 5.74) is 2.88. The highest BCUT2D eigenvalue weighted by Crippen LogP contribution is 2.24. The number of anilines is 2. The standard InChI is InChI=1S/C18H17FN6O/c19-15-4-2-1-3-12(15)7-16-14-10-20-24-17(14)8-18(23-16)22-13-9-21-25(11-13)5-6-26/h1-4,8-11,26H,5-7H2,(H,20,24)(H,22,23). The Bertz CT molecular complexity index is 1040. The number of nitrogens with zero attached hydrogens (tertiary/aromatic N) is 4. The van der Waals surface area contributed by atoms with Crippen LogP contribution in [0.4, 0.5) is 15.9 Å². The molecule has 1 aromatic carbocycles. The van der Waals surface area contributed by atoms with Crippen LogP contribution in [0.25, 0.3) is 10.9 Å². The van der Waals surface area contributed by atoms with Crippen LogP contribution in [0, 0.1) is 5.82 Å². The van der Waals surface area contributed by atoms with E-state index in [1.807, 2.05) is 12.1 Å². The number of aliphatic hydroxyl groups is 1. The van der Waals surface area contributed by atoms with Crippen LogP contribution in [0.5, 0.6) is 0 Å². The Morgan fingerprint density at radius 1 is 1.23 bits per heavy atom. The number of H-pyrrole nitrogens is 1. The molecule has 4 aromatic rings. The first-order valence-corrected chi connectivity index (χ1v) is 8.19. The zero-order valence-corrected chi connectivity index (χ0v) is 13.9. The minimum Gasteiger partial charge on any atom is -0.394 e. The molecule has 26 heavy (non-hydrogen) atoms. The predicted octanol–water partition coefficient (Wildman–Crippen LogP) is 2.62. The molecule has 7 nitrogen and oxygen atoms in total. The van der Waals surface area contributed by atoms with Crippen molar-refractivity contribution in [1.82, 2.24) is 25.0 Å². The Morgan fingerprint density at radius 2 is 2.12 bits per heavy atom.